The Labute approximate surface area is 109 Å². The highest BCUT2D eigenvalue weighted by Gasteiger charge is 2.30. The minimum absolute atomic E-state index is 0.174. The van der Waals surface area contributed by atoms with Crippen molar-refractivity contribution in [1.29, 1.82) is 0 Å². The van der Waals surface area contributed by atoms with E-state index in [2.05, 4.69) is 39.2 Å². The standard InChI is InChI=1S/C12H16BrNOS/c1-8-9(2)14(5-3-11(8)15)7-12-10(13)4-6-16-12/h4,6,8-9H,3,5,7H2,1-2H3. The summed E-state index contributed by atoms with van der Waals surface area (Å²) in [5, 5.41) is 2.10. The van der Waals surface area contributed by atoms with Crippen LogP contribution in [-0.2, 0) is 11.3 Å². The molecule has 0 aromatic carbocycles. The fourth-order valence-electron chi connectivity index (χ4n) is 2.12. The van der Waals surface area contributed by atoms with E-state index in [0.29, 0.717) is 18.2 Å². The fraction of sp³-hybridized carbons (Fsp3) is 0.583. The third-order valence-corrected chi connectivity index (χ3v) is 5.40. The van der Waals surface area contributed by atoms with Crippen molar-refractivity contribution in [2.24, 2.45) is 5.92 Å². The zero-order chi connectivity index (χ0) is 11.7. The Hall–Kier alpha value is -0.190. The fourth-order valence-corrected chi connectivity index (χ4v) is 3.62. The van der Waals surface area contributed by atoms with E-state index in [-0.39, 0.29) is 5.92 Å². The first-order valence-electron chi connectivity index (χ1n) is 5.58. The molecule has 2 nitrogen and oxygen atoms in total. The quantitative estimate of drug-likeness (QED) is 0.835. The molecule has 1 aromatic heterocycles. The summed E-state index contributed by atoms with van der Waals surface area (Å²) < 4.78 is 1.19. The third-order valence-electron chi connectivity index (χ3n) is 3.49. The van der Waals surface area contributed by atoms with Gasteiger partial charge < -0.3 is 0 Å². The van der Waals surface area contributed by atoms with E-state index >= 15 is 0 Å². The first-order chi connectivity index (χ1) is 7.59. The Morgan fingerprint density at radius 3 is 2.94 bits per heavy atom. The highest BCUT2D eigenvalue weighted by atomic mass is 79.9. The van der Waals surface area contributed by atoms with E-state index in [1.54, 1.807) is 11.3 Å². The molecule has 1 aromatic rings. The number of Topliss-reactive ketones (excluding diaryl/α,β-unsaturated/α-hetero) is 1. The Kier molecular flexibility index (Phi) is 3.82. The van der Waals surface area contributed by atoms with E-state index in [1.165, 1.54) is 9.35 Å². The number of piperidine rings is 1. The van der Waals surface area contributed by atoms with Gasteiger partial charge in [-0.2, -0.15) is 0 Å². The molecule has 1 fully saturated rings. The largest absolute Gasteiger partial charge is 0.299 e. The topological polar surface area (TPSA) is 20.3 Å². The van der Waals surface area contributed by atoms with Crippen molar-refractivity contribution in [2.45, 2.75) is 32.9 Å². The zero-order valence-corrected chi connectivity index (χ0v) is 12.0. The molecule has 2 atom stereocenters. The van der Waals surface area contributed by atoms with Gasteiger partial charge in [0.2, 0.25) is 0 Å². The lowest BCUT2D eigenvalue weighted by atomic mass is 9.91. The molecular formula is C12H16BrNOS. The van der Waals surface area contributed by atoms with Crippen molar-refractivity contribution < 1.29 is 4.79 Å². The van der Waals surface area contributed by atoms with Crippen molar-refractivity contribution in [2.75, 3.05) is 6.54 Å². The summed E-state index contributed by atoms with van der Waals surface area (Å²) in [5.41, 5.74) is 0. The van der Waals surface area contributed by atoms with Crippen molar-refractivity contribution in [1.82, 2.24) is 4.90 Å². The maximum absolute atomic E-state index is 11.6. The molecule has 1 aliphatic heterocycles. The molecule has 0 aliphatic carbocycles. The van der Waals surface area contributed by atoms with Gasteiger partial charge in [0.05, 0.1) is 0 Å². The highest BCUT2D eigenvalue weighted by molar-refractivity contribution is 9.10. The highest BCUT2D eigenvalue weighted by Crippen LogP contribution is 2.28. The Morgan fingerprint density at radius 2 is 2.31 bits per heavy atom. The van der Waals surface area contributed by atoms with Crippen LogP contribution in [0.3, 0.4) is 0 Å². The number of carbonyl (C=O) groups excluding carboxylic acids is 1. The number of rotatable bonds is 2. The second-order valence-corrected chi connectivity index (χ2v) is 6.26. The minimum Gasteiger partial charge on any atom is -0.299 e. The van der Waals surface area contributed by atoms with Crippen molar-refractivity contribution in [3.8, 4) is 0 Å². The number of hydrogen-bond acceptors (Lipinski definition) is 3. The second-order valence-electron chi connectivity index (χ2n) is 4.41. The van der Waals surface area contributed by atoms with Crippen LogP contribution >= 0.6 is 27.3 Å². The van der Waals surface area contributed by atoms with Gasteiger partial charge in [0.1, 0.15) is 5.78 Å². The molecule has 4 heteroatoms. The van der Waals surface area contributed by atoms with Crippen LogP contribution in [0.1, 0.15) is 25.1 Å². The molecule has 2 unspecified atom stereocenters. The Bertz CT molecular complexity index is 390. The molecule has 16 heavy (non-hydrogen) atoms. The maximum atomic E-state index is 11.6. The SMILES string of the molecule is CC1C(=O)CCN(Cc2sccc2Br)C1C. The number of halogens is 1. The van der Waals surface area contributed by atoms with Crippen LogP contribution in [0.15, 0.2) is 15.9 Å². The third kappa shape index (κ3) is 2.39. The van der Waals surface area contributed by atoms with Crippen molar-refractivity contribution in [3.05, 3.63) is 20.8 Å². The van der Waals surface area contributed by atoms with Crippen LogP contribution in [0, 0.1) is 5.92 Å². The summed E-state index contributed by atoms with van der Waals surface area (Å²) in [6.45, 7) is 6.05. The van der Waals surface area contributed by atoms with Crippen LogP contribution in [0.2, 0.25) is 0 Å². The first kappa shape index (κ1) is 12.3. The lowest BCUT2D eigenvalue weighted by Gasteiger charge is -2.36. The predicted octanol–water partition coefficient (Wildman–Crippen LogP) is 3.31. The van der Waals surface area contributed by atoms with Crippen LogP contribution < -0.4 is 0 Å². The zero-order valence-electron chi connectivity index (χ0n) is 9.57. The molecule has 2 heterocycles. The monoisotopic (exact) mass is 301 g/mol. The van der Waals surface area contributed by atoms with Gasteiger partial charge in [-0.3, -0.25) is 9.69 Å². The van der Waals surface area contributed by atoms with Gasteiger partial charge in [-0.1, -0.05) is 6.92 Å². The number of carbonyl (C=O) groups is 1. The molecule has 0 spiro atoms. The minimum atomic E-state index is 0.174. The van der Waals surface area contributed by atoms with Crippen LogP contribution in [0.4, 0.5) is 0 Å². The molecule has 1 saturated heterocycles. The van der Waals surface area contributed by atoms with E-state index < -0.39 is 0 Å². The summed E-state index contributed by atoms with van der Waals surface area (Å²) in [5.74, 6) is 0.585. The van der Waals surface area contributed by atoms with Gasteiger partial charge in [0, 0.05) is 40.8 Å². The molecule has 0 N–H and O–H groups in total. The summed E-state index contributed by atoms with van der Waals surface area (Å²) in [6.07, 6.45) is 0.703. The number of thiophene rings is 1. The van der Waals surface area contributed by atoms with Crippen molar-refractivity contribution >= 4 is 33.0 Å². The second kappa shape index (κ2) is 4.98. The van der Waals surface area contributed by atoms with E-state index in [9.17, 15) is 4.79 Å². The maximum Gasteiger partial charge on any atom is 0.138 e. The van der Waals surface area contributed by atoms with Crippen LogP contribution in [0.5, 0.6) is 0 Å². The summed E-state index contributed by atoms with van der Waals surface area (Å²) in [7, 11) is 0. The number of hydrogen-bond donors (Lipinski definition) is 0. The van der Waals surface area contributed by atoms with Crippen LogP contribution in [-0.4, -0.2) is 23.3 Å². The molecule has 0 bridgehead atoms. The smallest absolute Gasteiger partial charge is 0.138 e. The van der Waals surface area contributed by atoms with Gasteiger partial charge in [0.25, 0.3) is 0 Å². The van der Waals surface area contributed by atoms with Gasteiger partial charge in [-0.05, 0) is 34.3 Å². The summed E-state index contributed by atoms with van der Waals surface area (Å²) in [6, 6.07) is 2.44. The molecule has 2 rings (SSSR count). The molecule has 88 valence electrons. The van der Waals surface area contributed by atoms with Gasteiger partial charge in [-0.25, -0.2) is 0 Å². The lowest BCUT2D eigenvalue weighted by molar-refractivity contribution is -0.128. The molecule has 0 radical (unpaired) electrons. The van der Waals surface area contributed by atoms with E-state index in [1.807, 2.05) is 6.92 Å². The van der Waals surface area contributed by atoms with Crippen LogP contribution in [0.25, 0.3) is 0 Å². The molecular weight excluding hydrogens is 286 g/mol. The van der Waals surface area contributed by atoms with E-state index in [0.717, 1.165) is 13.1 Å². The Balaban J connectivity index is 2.06. The number of nitrogens with zero attached hydrogens (tertiary/aromatic N) is 1. The molecule has 1 aliphatic rings. The Morgan fingerprint density at radius 1 is 1.56 bits per heavy atom. The number of likely N-dealkylation sites (tertiary alicyclic amines) is 1. The van der Waals surface area contributed by atoms with Gasteiger partial charge in [-0.15, -0.1) is 11.3 Å². The average Bonchev–Trinajstić information content (AvgIpc) is 2.65. The number of ketones is 1. The average molecular weight is 302 g/mol. The molecule has 0 saturated carbocycles. The normalized spacial score (nSPS) is 27.3. The van der Waals surface area contributed by atoms with Crippen molar-refractivity contribution in [3.63, 3.8) is 0 Å². The van der Waals surface area contributed by atoms with E-state index in [4.69, 9.17) is 0 Å². The summed E-state index contributed by atoms with van der Waals surface area (Å²) >= 11 is 5.33. The van der Waals surface area contributed by atoms with Gasteiger partial charge in [0.15, 0.2) is 0 Å². The lowest BCUT2D eigenvalue weighted by Crippen LogP contribution is -2.46. The van der Waals surface area contributed by atoms with Gasteiger partial charge >= 0.3 is 0 Å². The molecule has 0 amide bonds. The summed E-state index contributed by atoms with van der Waals surface area (Å²) in [4.78, 5) is 15.3. The first-order valence-corrected chi connectivity index (χ1v) is 7.25. The predicted molar refractivity (Wildman–Crippen MR) is 70.7 cm³/mol.